The Hall–Kier alpha value is -1.26. The maximum atomic E-state index is 11.8. The van der Waals surface area contributed by atoms with E-state index in [0.717, 1.165) is 25.7 Å². The molecule has 0 aromatic rings. The molecule has 2 amide bonds. The maximum Gasteiger partial charge on any atom is 0.326 e. The van der Waals surface area contributed by atoms with Gasteiger partial charge in [0.1, 0.15) is 6.04 Å². The molecule has 0 aliphatic heterocycles. The smallest absolute Gasteiger partial charge is 0.326 e. The molecule has 0 radical (unpaired) electrons. The third-order valence-corrected chi connectivity index (χ3v) is 3.74. The van der Waals surface area contributed by atoms with Crippen molar-refractivity contribution in [1.82, 2.24) is 10.6 Å². The van der Waals surface area contributed by atoms with Crippen LogP contribution in [0.1, 0.15) is 52.9 Å². The molecule has 1 rings (SSSR count). The first-order valence-electron chi connectivity index (χ1n) is 6.66. The van der Waals surface area contributed by atoms with Gasteiger partial charge in [-0.3, -0.25) is 0 Å². The van der Waals surface area contributed by atoms with Crippen molar-refractivity contribution in [1.29, 1.82) is 0 Å². The van der Waals surface area contributed by atoms with Crippen LogP contribution in [-0.2, 0) is 4.79 Å². The molecule has 1 aliphatic carbocycles. The highest BCUT2D eigenvalue weighted by Crippen LogP contribution is 2.37. The lowest BCUT2D eigenvalue weighted by molar-refractivity contribution is -0.139. The van der Waals surface area contributed by atoms with E-state index in [1.165, 1.54) is 0 Å². The predicted octanol–water partition coefficient (Wildman–Crippen LogP) is 2.12. The van der Waals surface area contributed by atoms with E-state index in [2.05, 4.69) is 24.5 Å². The average Bonchev–Trinajstić information content (AvgIpc) is 2.57. The van der Waals surface area contributed by atoms with E-state index in [4.69, 9.17) is 5.11 Å². The van der Waals surface area contributed by atoms with E-state index in [1.54, 1.807) is 0 Å². The molecule has 18 heavy (non-hydrogen) atoms. The molecule has 0 bridgehead atoms. The third kappa shape index (κ3) is 3.89. The Labute approximate surface area is 108 Å². The van der Waals surface area contributed by atoms with Gasteiger partial charge in [0, 0.05) is 6.04 Å². The molecule has 0 saturated heterocycles. The van der Waals surface area contributed by atoms with Crippen LogP contribution in [0.3, 0.4) is 0 Å². The van der Waals surface area contributed by atoms with E-state index >= 15 is 0 Å². The van der Waals surface area contributed by atoms with Crippen LogP contribution in [-0.4, -0.2) is 29.2 Å². The van der Waals surface area contributed by atoms with Gasteiger partial charge in [0.25, 0.3) is 0 Å². The highest BCUT2D eigenvalue weighted by atomic mass is 16.4. The Morgan fingerprint density at radius 2 is 2.11 bits per heavy atom. The summed E-state index contributed by atoms with van der Waals surface area (Å²) in [6.45, 7) is 6.16. The lowest BCUT2D eigenvalue weighted by Gasteiger charge is -2.28. The van der Waals surface area contributed by atoms with Crippen molar-refractivity contribution in [2.24, 2.45) is 5.41 Å². The Morgan fingerprint density at radius 1 is 1.44 bits per heavy atom. The molecule has 104 valence electrons. The van der Waals surface area contributed by atoms with Crippen LogP contribution in [0.4, 0.5) is 4.79 Å². The number of nitrogens with one attached hydrogen (secondary N) is 2. The highest BCUT2D eigenvalue weighted by molar-refractivity contribution is 5.82. The predicted molar refractivity (Wildman–Crippen MR) is 69.4 cm³/mol. The number of hydrogen-bond donors (Lipinski definition) is 3. The molecule has 1 unspecified atom stereocenters. The second-order valence-electron chi connectivity index (χ2n) is 5.73. The van der Waals surface area contributed by atoms with Gasteiger partial charge >= 0.3 is 12.0 Å². The topological polar surface area (TPSA) is 78.4 Å². The standard InChI is InChI=1S/C13H24N2O3/c1-4-6-9(11(16)17)14-12(18)15-10-7-5-8-13(10,2)3/h9-10H,4-8H2,1-3H3,(H,16,17)(H2,14,15,18)/t9-,10?/m0/s1. The second-order valence-corrected chi connectivity index (χ2v) is 5.73. The van der Waals surface area contributed by atoms with Crippen molar-refractivity contribution in [3.05, 3.63) is 0 Å². The van der Waals surface area contributed by atoms with Gasteiger partial charge in [0.05, 0.1) is 0 Å². The first-order chi connectivity index (χ1) is 8.36. The number of rotatable bonds is 5. The van der Waals surface area contributed by atoms with Crippen molar-refractivity contribution in [2.75, 3.05) is 0 Å². The number of hydrogen-bond acceptors (Lipinski definition) is 2. The molecule has 1 saturated carbocycles. The number of carboxylic acids is 1. The highest BCUT2D eigenvalue weighted by Gasteiger charge is 2.35. The van der Waals surface area contributed by atoms with Gasteiger partial charge in [-0.05, 0) is 24.7 Å². The van der Waals surface area contributed by atoms with Crippen LogP contribution in [0.15, 0.2) is 0 Å². The molecule has 0 aromatic carbocycles. The molecule has 1 aliphatic rings. The lowest BCUT2D eigenvalue weighted by Crippen LogP contribution is -2.51. The minimum Gasteiger partial charge on any atom is -0.480 e. The molecule has 2 atom stereocenters. The minimum atomic E-state index is -0.974. The summed E-state index contributed by atoms with van der Waals surface area (Å²) >= 11 is 0. The van der Waals surface area contributed by atoms with Crippen molar-refractivity contribution < 1.29 is 14.7 Å². The van der Waals surface area contributed by atoms with Gasteiger partial charge in [0.15, 0.2) is 0 Å². The average molecular weight is 256 g/mol. The Morgan fingerprint density at radius 3 is 2.56 bits per heavy atom. The van der Waals surface area contributed by atoms with Crippen LogP contribution >= 0.6 is 0 Å². The van der Waals surface area contributed by atoms with E-state index in [0.29, 0.717) is 6.42 Å². The van der Waals surface area contributed by atoms with E-state index in [-0.39, 0.29) is 17.5 Å². The zero-order valence-corrected chi connectivity index (χ0v) is 11.5. The Bertz CT molecular complexity index is 315. The van der Waals surface area contributed by atoms with E-state index < -0.39 is 12.0 Å². The minimum absolute atomic E-state index is 0.0980. The normalized spacial score (nSPS) is 23.4. The summed E-state index contributed by atoms with van der Waals surface area (Å²) in [6, 6.07) is -1.02. The zero-order valence-electron chi connectivity index (χ0n) is 11.5. The summed E-state index contributed by atoms with van der Waals surface area (Å²) in [6.07, 6.45) is 4.35. The number of carbonyl (C=O) groups is 2. The molecule has 1 fully saturated rings. The van der Waals surface area contributed by atoms with Crippen LogP contribution < -0.4 is 10.6 Å². The van der Waals surface area contributed by atoms with Gasteiger partial charge in [-0.25, -0.2) is 9.59 Å². The number of urea groups is 1. The van der Waals surface area contributed by atoms with Crippen LogP contribution in [0.2, 0.25) is 0 Å². The van der Waals surface area contributed by atoms with Crippen molar-refractivity contribution in [3.63, 3.8) is 0 Å². The maximum absolute atomic E-state index is 11.8. The fourth-order valence-corrected chi connectivity index (χ4v) is 2.50. The molecular weight excluding hydrogens is 232 g/mol. The van der Waals surface area contributed by atoms with Gasteiger partial charge in [0.2, 0.25) is 0 Å². The monoisotopic (exact) mass is 256 g/mol. The van der Waals surface area contributed by atoms with E-state index in [9.17, 15) is 9.59 Å². The SMILES string of the molecule is CCC[C@H](NC(=O)NC1CCCC1(C)C)C(=O)O. The third-order valence-electron chi connectivity index (χ3n) is 3.74. The van der Waals surface area contributed by atoms with Crippen LogP contribution in [0, 0.1) is 5.41 Å². The van der Waals surface area contributed by atoms with Gasteiger partial charge in [-0.15, -0.1) is 0 Å². The Kier molecular flexibility index (Phi) is 4.99. The molecule has 0 heterocycles. The summed E-state index contributed by atoms with van der Waals surface area (Å²) in [7, 11) is 0. The Balaban J connectivity index is 2.47. The molecule has 5 heteroatoms. The zero-order chi connectivity index (χ0) is 13.8. The first-order valence-corrected chi connectivity index (χ1v) is 6.66. The van der Waals surface area contributed by atoms with Crippen molar-refractivity contribution in [2.45, 2.75) is 65.0 Å². The molecule has 3 N–H and O–H groups in total. The summed E-state index contributed by atoms with van der Waals surface area (Å²) in [5, 5.41) is 14.4. The first kappa shape index (κ1) is 14.8. The van der Waals surface area contributed by atoms with Gasteiger partial charge < -0.3 is 15.7 Å². The van der Waals surface area contributed by atoms with Crippen molar-refractivity contribution >= 4 is 12.0 Å². The fourth-order valence-electron chi connectivity index (χ4n) is 2.50. The summed E-state index contributed by atoms with van der Waals surface area (Å²) < 4.78 is 0. The van der Waals surface area contributed by atoms with Gasteiger partial charge in [-0.2, -0.15) is 0 Å². The van der Waals surface area contributed by atoms with Crippen LogP contribution in [0.5, 0.6) is 0 Å². The number of carboxylic acid groups (broad SMARTS) is 1. The summed E-state index contributed by atoms with van der Waals surface area (Å²) in [5.41, 5.74) is 0.0980. The van der Waals surface area contributed by atoms with Crippen molar-refractivity contribution in [3.8, 4) is 0 Å². The summed E-state index contributed by atoms with van der Waals surface area (Å²) in [4.78, 5) is 22.7. The molecule has 5 nitrogen and oxygen atoms in total. The van der Waals surface area contributed by atoms with E-state index in [1.807, 2.05) is 6.92 Å². The second kappa shape index (κ2) is 6.07. The molecule has 0 aromatic heterocycles. The molecule has 0 spiro atoms. The fraction of sp³-hybridized carbons (Fsp3) is 0.846. The number of carbonyl (C=O) groups excluding carboxylic acids is 1. The quantitative estimate of drug-likeness (QED) is 0.705. The molecular formula is C13H24N2O3. The number of aliphatic carboxylic acids is 1. The lowest BCUT2D eigenvalue weighted by atomic mass is 9.87. The van der Waals surface area contributed by atoms with Crippen LogP contribution in [0.25, 0.3) is 0 Å². The largest absolute Gasteiger partial charge is 0.480 e. The number of amides is 2. The van der Waals surface area contributed by atoms with Gasteiger partial charge in [-0.1, -0.05) is 33.6 Å². The summed E-state index contributed by atoms with van der Waals surface area (Å²) in [5.74, 6) is -0.974.